The Morgan fingerprint density at radius 3 is 2.51 bits per heavy atom. The van der Waals surface area contributed by atoms with Crippen molar-refractivity contribution in [3.8, 4) is 17.6 Å². The van der Waals surface area contributed by atoms with Crippen LogP contribution in [0.3, 0.4) is 0 Å². The highest BCUT2D eigenvalue weighted by atomic mass is 79.9. The van der Waals surface area contributed by atoms with Gasteiger partial charge in [0, 0.05) is 15.1 Å². The molecule has 1 aliphatic rings. The molecule has 3 aromatic carbocycles. The topological polar surface area (TPSA) is 79.6 Å². The summed E-state index contributed by atoms with van der Waals surface area (Å²) < 4.78 is 12.1. The first-order valence-corrected chi connectivity index (χ1v) is 12.4. The number of thioether (sulfide) groups is 1. The van der Waals surface area contributed by atoms with Gasteiger partial charge in [-0.15, -0.1) is 0 Å². The van der Waals surface area contributed by atoms with Gasteiger partial charge < -0.3 is 9.47 Å². The van der Waals surface area contributed by atoms with E-state index < -0.39 is 11.1 Å². The van der Waals surface area contributed by atoms with Crippen LogP contribution in [0.15, 0.2) is 70.0 Å². The van der Waals surface area contributed by atoms with E-state index in [0.29, 0.717) is 37.7 Å². The van der Waals surface area contributed by atoms with E-state index in [1.165, 1.54) is 7.11 Å². The lowest BCUT2D eigenvalue weighted by atomic mass is 10.1. The number of hydrogen-bond donors (Lipinski definition) is 0. The second-order valence-electron chi connectivity index (χ2n) is 7.44. The molecule has 35 heavy (non-hydrogen) atoms. The van der Waals surface area contributed by atoms with Gasteiger partial charge in [-0.05, 0) is 53.2 Å². The van der Waals surface area contributed by atoms with Crippen molar-refractivity contribution in [2.24, 2.45) is 0 Å². The van der Waals surface area contributed by atoms with Gasteiger partial charge in [-0.1, -0.05) is 63.9 Å². The normalized spacial score (nSPS) is 14.3. The Bertz CT molecular complexity index is 1390. The number of carbonyl (C=O) groups is 2. The molecule has 1 aliphatic heterocycles. The van der Waals surface area contributed by atoms with Gasteiger partial charge in [0.2, 0.25) is 0 Å². The third-order valence-electron chi connectivity index (χ3n) is 5.25. The number of ether oxygens (including phenoxy) is 2. The van der Waals surface area contributed by atoms with Gasteiger partial charge in [-0.25, -0.2) is 0 Å². The first-order valence-electron chi connectivity index (χ1n) is 10.4. The Morgan fingerprint density at radius 2 is 1.80 bits per heavy atom. The highest BCUT2D eigenvalue weighted by Crippen LogP contribution is 2.39. The van der Waals surface area contributed by atoms with Crippen LogP contribution in [0.25, 0.3) is 6.08 Å². The molecule has 0 aromatic heterocycles. The minimum Gasteiger partial charge on any atom is -0.493 e. The summed E-state index contributed by atoms with van der Waals surface area (Å²) in [5, 5.41) is 9.52. The van der Waals surface area contributed by atoms with Crippen LogP contribution < -0.4 is 9.47 Å². The van der Waals surface area contributed by atoms with Crippen LogP contribution in [-0.2, 0) is 17.9 Å². The van der Waals surface area contributed by atoms with Gasteiger partial charge in [-0.3, -0.25) is 14.5 Å². The lowest BCUT2D eigenvalue weighted by molar-refractivity contribution is -0.123. The molecule has 2 amide bonds. The van der Waals surface area contributed by atoms with Crippen LogP contribution in [0.1, 0.15) is 22.3 Å². The number of halogens is 2. The Balaban J connectivity index is 1.56. The molecule has 0 radical (unpaired) electrons. The SMILES string of the molecule is COc1cc(/C=C2/SC(=O)N(Cc3ccccc3C#N)C2=O)c(Br)cc1OCc1ccccc1Cl. The Kier molecular flexibility index (Phi) is 7.81. The third kappa shape index (κ3) is 5.54. The quantitative estimate of drug-likeness (QED) is 0.291. The predicted octanol–water partition coefficient (Wildman–Crippen LogP) is 6.80. The van der Waals surface area contributed by atoms with E-state index >= 15 is 0 Å². The Labute approximate surface area is 220 Å². The summed E-state index contributed by atoms with van der Waals surface area (Å²) >= 11 is 10.6. The molecule has 1 heterocycles. The highest BCUT2D eigenvalue weighted by molar-refractivity contribution is 9.10. The zero-order chi connectivity index (χ0) is 24.9. The average molecular weight is 570 g/mol. The second-order valence-corrected chi connectivity index (χ2v) is 9.70. The summed E-state index contributed by atoms with van der Waals surface area (Å²) in [6.07, 6.45) is 1.63. The fourth-order valence-corrected chi connectivity index (χ4v) is 4.88. The number of hydrogen-bond acceptors (Lipinski definition) is 6. The lowest BCUT2D eigenvalue weighted by Gasteiger charge is -2.14. The van der Waals surface area contributed by atoms with Crippen molar-refractivity contribution in [2.75, 3.05) is 7.11 Å². The van der Waals surface area contributed by atoms with Crippen LogP contribution in [0.2, 0.25) is 5.02 Å². The number of rotatable bonds is 7. The molecule has 0 spiro atoms. The summed E-state index contributed by atoms with van der Waals surface area (Å²) in [6.45, 7) is 0.288. The van der Waals surface area contributed by atoms with Gasteiger partial charge >= 0.3 is 0 Å². The smallest absolute Gasteiger partial charge is 0.293 e. The molecule has 1 fully saturated rings. The van der Waals surface area contributed by atoms with Crippen LogP contribution >= 0.6 is 39.3 Å². The van der Waals surface area contributed by atoms with Crippen LogP contribution in [0.5, 0.6) is 11.5 Å². The maximum absolute atomic E-state index is 13.0. The fourth-order valence-electron chi connectivity index (χ4n) is 3.42. The van der Waals surface area contributed by atoms with E-state index in [2.05, 4.69) is 22.0 Å². The standard InChI is InChI=1S/C26H18BrClN2O4S/c1-33-22-10-19(20(27)12-23(22)34-15-18-8-4-5-9-21(18)28)11-24-25(31)30(26(32)35-24)14-17-7-3-2-6-16(17)13-29/h2-12H,14-15H2,1H3/b24-11+. The van der Waals surface area contributed by atoms with Crippen molar-refractivity contribution in [3.05, 3.63) is 97.3 Å². The van der Waals surface area contributed by atoms with E-state index in [9.17, 15) is 14.9 Å². The van der Waals surface area contributed by atoms with Crippen molar-refractivity contribution < 1.29 is 19.1 Å². The van der Waals surface area contributed by atoms with Crippen LogP contribution in [0.4, 0.5) is 4.79 Å². The minimum absolute atomic E-state index is 0.0328. The average Bonchev–Trinajstić information content (AvgIpc) is 3.12. The lowest BCUT2D eigenvalue weighted by Crippen LogP contribution is -2.27. The molecule has 6 nitrogen and oxygen atoms in total. The first kappa shape index (κ1) is 24.9. The summed E-state index contributed by atoms with van der Waals surface area (Å²) in [4.78, 5) is 27.0. The zero-order valence-electron chi connectivity index (χ0n) is 18.5. The molecule has 0 unspecified atom stereocenters. The summed E-state index contributed by atoms with van der Waals surface area (Å²) in [6, 6.07) is 19.9. The summed E-state index contributed by atoms with van der Waals surface area (Å²) in [7, 11) is 1.52. The van der Waals surface area contributed by atoms with Crippen molar-refractivity contribution in [1.29, 1.82) is 5.26 Å². The van der Waals surface area contributed by atoms with E-state index in [-0.39, 0.29) is 18.1 Å². The summed E-state index contributed by atoms with van der Waals surface area (Å²) in [5.74, 6) is 0.545. The van der Waals surface area contributed by atoms with Crippen molar-refractivity contribution in [2.45, 2.75) is 13.2 Å². The van der Waals surface area contributed by atoms with E-state index in [0.717, 1.165) is 22.2 Å². The number of amides is 2. The molecule has 4 rings (SSSR count). The number of nitriles is 1. The van der Waals surface area contributed by atoms with E-state index in [1.807, 2.05) is 18.2 Å². The molecule has 9 heteroatoms. The molecule has 0 saturated carbocycles. The first-order chi connectivity index (χ1) is 16.9. The molecule has 1 saturated heterocycles. The molecular weight excluding hydrogens is 552 g/mol. The predicted molar refractivity (Wildman–Crippen MR) is 139 cm³/mol. The zero-order valence-corrected chi connectivity index (χ0v) is 21.6. The minimum atomic E-state index is -0.419. The van der Waals surface area contributed by atoms with E-state index in [4.69, 9.17) is 21.1 Å². The molecule has 0 N–H and O–H groups in total. The van der Waals surface area contributed by atoms with Gasteiger partial charge in [-0.2, -0.15) is 5.26 Å². The molecular formula is C26H18BrClN2O4S. The number of imide groups is 1. The van der Waals surface area contributed by atoms with Crippen LogP contribution in [0, 0.1) is 11.3 Å². The van der Waals surface area contributed by atoms with Crippen molar-refractivity contribution in [3.63, 3.8) is 0 Å². The molecule has 0 aliphatic carbocycles. The number of nitrogens with zero attached hydrogens (tertiary/aromatic N) is 2. The van der Waals surface area contributed by atoms with E-state index in [1.54, 1.807) is 48.5 Å². The summed E-state index contributed by atoms with van der Waals surface area (Å²) in [5.41, 5.74) is 2.52. The number of benzene rings is 3. The van der Waals surface area contributed by atoms with Crippen LogP contribution in [-0.4, -0.2) is 23.2 Å². The molecule has 0 bridgehead atoms. The van der Waals surface area contributed by atoms with Gasteiger partial charge in [0.15, 0.2) is 11.5 Å². The monoisotopic (exact) mass is 568 g/mol. The van der Waals surface area contributed by atoms with Gasteiger partial charge in [0.1, 0.15) is 6.61 Å². The Hall–Kier alpha value is -3.25. The molecule has 3 aromatic rings. The maximum Gasteiger partial charge on any atom is 0.293 e. The van der Waals surface area contributed by atoms with Gasteiger partial charge in [0.25, 0.3) is 11.1 Å². The number of methoxy groups -OCH3 is 1. The largest absolute Gasteiger partial charge is 0.493 e. The molecule has 0 atom stereocenters. The van der Waals surface area contributed by atoms with Gasteiger partial charge in [0.05, 0.1) is 30.2 Å². The van der Waals surface area contributed by atoms with Crippen molar-refractivity contribution in [1.82, 2.24) is 4.90 Å². The second kappa shape index (κ2) is 11.0. The number of carbonyl (C=O) groups excluding carboxylic acids is 2. The fraction of sp³-hybridized carbons (Fsp3) is 0.115. The Morgan fingerprint density at radius 1 is 1.09 bits per heavy atom. The molecule has 176 valence electrons. The van der Waals surface area contributed by atoms with Crippen molar-refractivity contribution >= 4 is 56.5 Å². The highest BCUT2D eigenvalue weighted by Gasteiger charge is 2.35. The maximum atomic E-state index is 13.0. The third-order valence-corrected chi connectivity index (χ3v) is 7.21.